The van der Waals surface area contributed by atoms with E-state index < -0.39 is 5.97 Å². The number of nitrogens with zero attached hydrogens (tertiary/aromatic N) is 4. The molecule has 0 spiro atoms. The Balaban J connectivity index is 1.64. The lowest BCUT2D eigenvalue weighted by Gasteiger charge is -2.09. The first-order valence-electron chi connectivity index (χ1n) is 9.70. The van der Waals surface area contributed by atoms with E-state index in [-0.39, 0.29) is 12.2 Å². The number of benzene rings is 1. The fraction of sp³-hybridized carbons (Fsp3) is 0.286. The summed E-state index contributed by atoms with van der Waals surface area (Å²) in [6, 6.07) is 8.10. The van der Waals surface area contributed by atoms with Crippen molar-refractivity contribution in [3.63, 3.8) is 0 Å². The molecule has 0 unspecified atom stereocenters. The molecular weight excluding hydrogens is 434 g/mol. The van der Waals surface area contributed by atoms with E-state index in [4.69, 9.17) is 4.74 Å². The maximum atomic E-state index is 12.7. The fourth-order valence-corrected chi connectivity index (χ4v) is 5.24. The Kier molecular flexibility index (Phi) is 5.92. The molecule has 0 aliphatic carbocycles. The summed E-state index contributed by atoms with van der Waals surface area (Å²) in [5.41, 5.74) is 2.46. The molecule has 8 nitrogen and oxygen atoms in total. The molecule has 0 radical (unpaired) electrons. The molecule has 0 bridgehead atoms. The second-order valence-electron chi connectivity index (χ2n) is 6.96. The molecule has 0 aliphatic rings. The number of thiophene rings is 1. The number of hydrogen-bond donors (Lipinski definition) is 1. The molecule has 10 heteroatoms. The largest absolute Gasteiger partial charge is 0.462 e. The number of hydrogen-bond acceptors (Lipinski definition) is 8. The number of fused-ring (bicyclic) bond motifs is 1. The zero-order valence-electron chi connectivity index (χ0n) is 17.6. The van der Waals surface area contributed by atoms with Gasteiger partial charge in [-0.3, -0.25) is 9.36 Å². The van der Waals surface area contributed by atoms with Crippen LogP contribution in [-0.4, -0.2) is 37.3 Å². The number of aromatic amines is 1. The van der Waals surface area contributed by atoms with E-state index in [1.165, 1.54) is 23.1 Å². The van der Waals surface area contributed by atoms with Gasteiger partial charge in [0.1, 0.15) is 21.4 Å². The van der Waals surface area contributed by atoms with Crippen LogP contribution in [0.5, 0.6) is 0 Å². The van der Waals surface area contributed by atoms with E-state index in [0.717, 1.165) is 17.1 Å². The molecule has 1 N–H and O–H groups in total. The Morgan fingerprint density at radius 3 is 2.81 bits per heavy atom. The maximum Gasteiger partial charge on any atom is 0.348 e. The minimum absolute atomic E-state index is 0.263. The van der Waals surface area contributed by atoms with Crippen LogP contribution in [0.25, 0.3) is 15.9 Å². The Bertz CT molecular complexity index is 1340. The van der Waals surface area contributed by atoms with Crippen LogP contribution in [0.4, 0.5) is 0 Å². The van der Waals surface area contributed by atoms with Crippen LogP contribution in [0.3, 0.4) is 0 Å². The summed E-state index contributed by atoms with van der Waals surface area (Å²) < 4.78 is 7.06. The summed E-state index contributed by atoms with van der Waals surface area (Å²) in [5, 5.41) is 9.63. The summed E-state index contributed by atoms with van der Waals surface area (Å²) >= 11 is 2.61. The molecule has 4 aromatic rings. The fourth-order valence-electron chi connectivity index (χ4n) is 3.28. The molecule has 4 rings (SSSR count). The van der Waals surface area contributed by atoms with Gasteiger partial charge in [-0.2, -0.15) is 0 Å². The Hall–Kier alpha value is -2.98. The molecule has 1 aromatic carbocycles. The van der Waals surface area contributed by atoms with Crippen molar-refractivity contribution in [3.05, 3.63) is 62.3 Å². The van der Waals surface area contributed by atoms with Gasteiger partial charge in [0.15, 0.2) is 5.16 Å². The van der Waals surface area contributed by atoms with Crippen molar-refractivity contribution in [1.82, 2.24) is 24.7 Å². The average molecular weight is 456 g/mol. The molecule has 0 atom stereocenters. The van der Waals surface area contributed by atoms with Crippen LogP contribution in [0.2, 0.25) is 0 Å². The minimum atomic E-state index is -0.431. The van der Waals surface area contributed by atoms with Gasteiger partial charge in [0, 0.05) is 5.69 Å². The molecule has 160 valence electrons. The topological polar surface area (TPSA) is 103 Å². The number of ether oxygens (including phenoxy) is 1. The minimum Gasteiger partial charge on any atom is -0.462 e. The number of thioether (sulfide) groups is 1. The van der Waals surface area contributed by atoms with Gasteiger partial charge in [0.05, 0.1) is 17.7 Å². The van der Waals surface area contributed by atoms with Gasteiger partial charge < -0.3 is 9.72 Å². The van der Waals surface area contributed by atoms with Gasteiger partial charge in [0.2, 0.25) is 0 Å². The van der Waals surface area contributed by atoms with E-state index in [9.17, 15) is 9.59 Å². The maximum absolute atomic E-state index is 12.7. The lowest BCUT2D eigenvalue weighted by atomic mass is 10.2. The predicted octanol–water partition coefficient (Wildman–Crippen LogP) is 3.96. The van der Waals surface area contributed by atoms with Crippen LogP contribution in [0.15, 0.2) is 34.2 Å². The number of carbonyl (C=O) groups is 1. The Morgan fingerprint density at radius 1 is 1.26 bits per heavy atom. The van der Waals surface area contributed by atoms with Crippen molar-refractivity contribution in [1.29, 1.82) is 0 Å². The molecule has 31 heavy (non-hydrogen) atoms. The highest BCUT2D eigenvalue weighted by Crippen LogP contribution is 2.29. The van der Waals surface area contributed by atoms with Crippen molar-refractivity contribution < 1.29 is 9.53 Å². The zero-order valence-corrected chi connectivity index (χ0v) is 19.2. The van der Waals surface area contributed by atoms with Crippen molar-refractivity contribution >= 4 is 39.3 Å². The Morgan fingerprint density at radius 2 is 2.06 bits per heavy atom. The first kappa shape index (κ1) is 21.3. The molecule has 0 saturated heterocycles. The summed E-state index contributed by atoms with van der Waals surface area (Å²) in [6.45, 7) is 7.70. The molecule has 0 fully saturated rings. The van der Waals surface area contributed by atoms with Crippen LogP contribution in [-0.2, 0) is 10.5 Å². The molecule has 0 amide bonds. The second-order valence-corrected chi connectivity index (χ2v) is 8.90. The van der Waals surface area contributed by atoms with E-state index >= 15 is 0 Å². The average Bonchev–Trinajstić information content (AvgIpc) is 3.26. The van der Waals surface area contributed by atoms with E-state index in [1.54, 1.807) is 13.8 Å². The van der Waals surface area contributed by atoms with E-state index in [1.807, 2.05) is 36.6 Å². The van der Waals surface area contributed by atoms with Gasteiger partial charge in [0.25, 0.3) is 5.56 Å². The highest BCUT2D eigenvalue weighted by atomic mass is 32.2. The van der Waals surface area contributed by atoms with Crippen LogP contribution >= 0.6 is 23.1 Å². The standard InChI is InChI=1S/C21H21N5O3S2/c1-5-29-20(28)17-12(3)16-18(27)22-15(23-19(16)31-17)10-30-21-25-24-13(4)26(21)14-8-6-7-11(2)9-14/h6-9H,5,10H2,1-4H3,(H,22,23,27). The number of aryl methyl sites for hydroxylation is 3. The number of rotatable bonds is 6. The van der Waals surface area contributed by atoms with Gasteiger partial charge >= 0.3 is 5.97 Å². The number of H-pyrrole nitrogens is 1. The highest BCUT2D eigenvalue weighted by molar-refractivity contribution is 7.98. The second kappa shape index (κ2) is 8.64. The monoisotopic (exact) mass is 455 g/mol. The van der Waals surface area contributed by atoms with Gasteiger partial charge in [-0.25, -0.2) is 9.78 Å². The highest BCUT2D eigenvalue weighted by Gasteiger charge is 2.20. The number of aromatic nitrogens is 5. The van der Waals surface area contributed by atoms with Crippen LogP contribution < -0.4 is 5.56 Å². The SMILES string of the molecule is CCOC(=O)c1sc2nc(CSc3nnc(C)n3-c3cccc(C)c3)[nH]c(=O)c2c1C. The number of carbonyl (C=O) groups excluding carboxylic acids is 1. The van der Waals surface area contributed by atoms with Gasteiger partial charge in [-0.05, 0) is 51.0 Å². The predicted molar refractivity (Wildman–Crippen MR) is 121 cm³/mol. The lowest BCUT2D eigenvalue weighted by molar-refractivity contribution is 0.0531. The smallest absolute Gasteiger partial charge is 0.348 e. The van der Waals surface area contributed by atoms with E-state index in [0.29, 0.717) is 37.4 Å². The first-order valence-corrected chi connectivity index (χ1v) is 11.5. The van der Waals surface area contributed by atoms with Crippen molar-refractivity contribution in [2.75, 3.05) is 6.61 Å². The zero-order chi connectivity index (χ0) is 22.1. The quantitative estimate of drug-likeness (QED) is 0.347. The Labute approximate surface area is 186 Å². The molecule has 3 aromatic heterocycles. The van der Waals surface area contributed by atoms with Crippen LogP contribution in [0, 0.1) is 20.8 Å². The lowest BCUT2D eigenvalue weighted by Crippen LogP contribution is -2.11. The third-order valence-electron chi connectivity index (χ3n) is 4.70. The number of esters is 1. The third kappa shape index (κ3) is 4.13. The molecule has 0 saturated carbocycles. The first-order chi connectivity index (χ1) is 14.9. The summed E-state index contributed by atoms with van der Waals surface area (Å²) in [6.07, 6.45) is 0. The van der Waals surface area contributed by atoms with E-state index in [2.05, 4.69) is 26.2 Å². The number of nitrogens with one attached hydrogen (secondary N) is 1. The normalized spacial score (nSPS) is 11.2. The van der Waals surface area contributed by atoms with Crippen molar-refractivity contribution in [2.24, 2.45) is 0 Å². The van der Waals surface area contributed by atoms with Gasteiger partial charge in [-0.1, -0.05) is 23.9 Å². The van der Waals surface area contributed by atoms with Gasteiger partial charge in [-0.15, -0.1) is 21.5 Å². The van der Waals surface area contributed by atoms with Crippen LogP contribution in [0.1, 0.15) is 39.4 Å². The van der Waals surface area contributed by atoms with Crippen molar-refractivity contribution in [2.45, 2.75) is 38.6 Å². The summed E-state index contributed by atoms with van der Waals surface area (Å²) in [5.74, 6) is 1.26. The molecular formula is C21H21N5O3S2. The third-order valence-corrected chi connectivity index (χ3v) is 6.81. The summed E-state index contributed by atoms with van der Waals surface area (Å²) in [7, 11) is 0. The van der Waals surface area contributed by atoms with Crippen molar-refractivity contribution in [3.8, 4) is 5.69 Å². The molecule has 0 aliphatic heterocycles. The summed E-state index contributed by atoms with van der Waals surface area (Å²) in [4.78, 5) is 33.2. The molecule has 3 heterocycles.